The van der Waals surface area contributed by atoms with Crippen LogP contribution >= 0.6 is 0 Å². The highest BCUT2D eigenvalue weighted by molar-refractivity contribution is 5.94. The highest BCUT2D eigenvalue weighted by atomic mass is 19.1. The van der Waals surface area contributed by atoms with Gasteiger partial charge in [0.15, 0.2) is 0 Å². The first-order chi connectivity index (χ1) is 9.20. The van der Waals surface area contributed by atoms with Gasteiger partial charge >= 0.3 is 0 Å². The van der Waals surface area contributed by atoms with E-state index in [1.54, 1.807) is 12.1 Å². The molecule has 104 valence electrons. The van der Waals surface area contributed by atoms with E-state index in [9.17, 15) is 9.18 Å². The Kier molecular flexibility index (Phi) is 4.94. The average molecular weight is 263 g/mol. The highest BCUT2D eigenvalue weighted by Crippen LogP contribution is 2.22. The van der Waals surface area contributed by atoms with Gasteiger partial charge in [-0.2, -0.15) is 0 Å². The van der Waals surface area contributed by atoms with Crippen LogP contribution in [0.3, 0.4) is 0 Å². The molecule has 1 amide bonds. The largest absolute Gasteiger partial charge is 0.339 e. The Bertz CT molecular complexity index is 415. The number of hydrogen-bond donors (Lipinski definition) is 0. The Hall–Kier alpha value is -1.38. The zero-order chi connectivity index (χ0) is 13.7. The molecule has 1 unspecified atom stereocenters. The van der Waals surface area contributed by atoms with Gasteiger partial charge in [0.1, 0.15) is 5.82 Å². The summed E-state index contributed by atoms with van der Waals surface area (Å²) in [5, 5.41) is 0. The standard InChI is InChI=1S/C16H22FNO/c1-2-4-13-5-3-11-18(12-10-13)16(19)14-6-8-15(17)9-7-14/h6-9,13H,2-5,10-12H2,1H3. The van der Waals surface area contributed by atoms with Crippen LogP contribution in [0.1, 0.15) is 49.4 Å². The topological polar surface area (TPSA) is 20.3 Å². The van der Waals surface area contributed by atoms with Gasteiger partial charge in [0.2, 0.25) is 0 Å². The normalized spacial score (nSPS) is 20.1. The molecule has 2 rings (SSSR count). The fraction of sp³-hybridized carbons (Fsp3) is 0.562. The average Bonchev–Trinajstić information content (AvgIpc) is 2.65. The second-order valence-electron chi connectivity index (χ2n) is 5.38. The predicted molar refractivity (Wildman–Crippen MR) is 74.6 cm³/mol. The first kappa shape index (κ1) is 14.0. The second-order valence-corrected chi connectivity index (χ2v) is 5.38. The number of halogens is 1. The number of amides is 1. The minimum Gasteiger partial charge on any atom is -0.339 e. The zero-order valence-electron chi connectivity index (χ0n) is 11.6. The number of benzene rings is 1. The van der Waals surface area contributed by atoms with Crippen LogP contribution in [0.2, 0.25) is 0 Å². The Morgan fingerprint density at radius 2 is 2.00 bits per heavy atom. The van der Waals surface area contributed by atoms with Crippen molar-refractivity contribution in [2.24, 2.45) is 5.92 Å². The van der Waals surface area contributed by atoms with Gasteiger partial charge in [-0.25, -0.2) is 4.39 Å². The summed E-state index contributed by atoms with van der Waals surface area (Å²) in [6.07, 6.45) is 5.88. The van der Waals surface area contributed by atoms with Gasteiger partial charge in [0.25, 0.3) is 5.91 Å². The molecule has 0 aromatic heterocycles. The van der Waals surface area contributed by atoms with Crippen LogP contribution in [0.25, 0.3) is 0 Å². The quantitative estimate of drug-likeness (QED) is 0.810. The molecule has 1 aliphatic rings. The van der Waals surface area contributed by atoms with Gasteiger partial charge in [-0.15, -0.1) is 0 Å². The molecule has 2 nitrogen and oxygen atoms in total. The molecule has 1 saturated heterocycles. The molecular formula is C16H22FNO. The maximum absolute atomic E-state index is 12.9. The van der Waals surface area contributed by atoms with Crippen molar-refractivity contribution in [3.63, 3.8) is 0 Å². The lowest BCUT2D eigenvalue weighted by atomic mass is 9.96. The molecule has 3 heteroatoms. The molecule has 1 atom stereocenters. The van der Waals surface area contributed by atoms with Crippen LogP contribution in [0.15, 0.2) is 24.3 Å². The van der Waals surface area contributed by atoms with Crippen LogP contribution in [0.5, 0.6) is 0 Å². The molecule has 1 fully saturated rings. The van der Waals surface area contributed by atoms with Crippen molar-refractivity contribution < 1.29 is 9.18 Å². The van der Waals surface area contributed by atoms with Crippen LogP contribution in [0, 0.1) is 11.7 Å². The number of rotatable bonds is 3. The summed E-state index contributed by atoms with van der Waals surface area (Å²) in [4.78, 5) is 14.3. The van der Waals surface area contributed by atoms with E-state index in [2.05, 4.69) is 6.92 Å². The fourth-order valence-electron chi connectivity index (χ4n) is 2.84. The molecule has 19 heavy (non-hydrogen) atoms. The first-order valence-corrected chi connectivity index (χ1v) is 7.25. The molecule has 0 spiro atoms. The second kappa shape index (κ2) is 6.69. The molecule has 1 aromatic rings. The zero-order valence-corrected chi connectivity index (χ0v) is 11.6. The van der Waals surface area contributed by atoms with Gasteiger partial charge in [-0.3, -0.25) is 4.79 Å². The van der Waals surface area contributed by atoms with E-state index in [1.165, 1.54) is 31.4 Å². The van der Waals surface area contributed by atoms with Crippen molar-refractivity contribution >= 4 is 5.91 Å². The van der Waals surface area contributed by atoms with Crippen molar-refractivity contribution in [3.8, 4) is 0 Å². The van der Waals surface area contributed by atoms with E-state index in [-0.39, 0.29) is 11.7 Å². The molecule has 0 bridgehead atoms. The van der Waals surface area contributed by atoms with E-state index in [1.807, 2.05) is 4.90 Å². The lowest BCUT2D eigenvalue weighted by molar-refractivity contribution is 0.0760. The van der Waals surface area contributed by atoms with Gasteiger partial charge in [0.05, 0.1) is 0 Å². The number of carbonyl (C=O) groups is 1. The Morgan fingerprint density at radius 1 is 1.26 bits per heavy atom. The molecule has 0 aliphatic carbocycles. The summed E-state index contributed by atoms with van der Waals surface area (Å²) >= 11 is 0. The molecule has 0 radical (unpaired) electrons. The molecule has 1 aromatic carbocycles. The van der Waals surface area contributed by atoms with E-state index in [0.717, 1.165) is 31.8 Å². The Labute approximate surface area is 114 Å². The number of hydrogen-bond acceptors (Lipinski definition) is 1. The monoisotopic (exact) mass is 263 g/mol. The van der Waals surface area contributed by atoms with Crippen LogP contribution in [-0.4, -0.2) is 23.9 Å². The lowest BCUT2D eigenvalue weighted by Gasteiger charge is -2.20. The summed E-state index contributed by atoms with van der Waals surface area (Å²) in [6.45, 7) is 3.88. The predicted octanol–water partition coefficient (Wildman–Crippen LogP) is 3.87. The van der Waals surface area contributed by atoms with Crippen molar-refractivity contribution in [2.75, 3.05) is 13.1 Å². The minimum absolute atomic E-state index is 0.0390. The van der Waals surface area contributed by atoms with E-state index in [0.29, 0.717) is 5.56 Å². The van der Waals surface area contributed by atoms with Gasteiger partial charge in [-0.05, 0) is 49.4 Å². The number of carbonyl (C=O) groups excluding carboxylic acids is 1. The van der Waals surface area contributed by atoms with Crippen molar-refractivity contribution in [1.82, 2.24) is 4.90 Å². The Balaban J connectivity index is 1.98. The Morgan fingerprint density at radius 3 is 2.68 bits per heavy atom. The van der Waals surface area contributed by atoms with Gasteiger partial charge < -0.3 is 4.90 Å². The molecule has 0 saturated carbocycles. The van der Waals surface area contributed by atoms with E-state index in [4.69, 9.17) is 0 Å². The SMILES string of the molecule is CCCC1CCCN(C(=O)c2ccc(F)cc2)CC1. The maximum Gasteiger partial charge on any atom is 0.253 e. The molecule has 1 heterocycles. The summed E-state index contributed by atoms with van der Waals surface area (Å²) in [7, 11) is 0. The van der Waals surface area contributed by atoms with Crippen molar-refractivity contribution in [2.45, 2.75) is 39.0 Å². The van der Waals surface area contributed by atoms with Gasteiger partial charge in [0, 0.05) is 18.7 Å². The first-order valence-electron chi connectivity index (χ1n) is 7.25. The highest BCUT2D eigenvalue weighted by Gasteiger charge is 2.21. The minimum atomic E-state index is -0.296. The fourth-order valence-corrected chi connectivity index (χ4v) is 2.84. The van der Waals surface area contributed by atoms with Crippen LogP contribution in [0.4, 0.5) is 4.39 Å². The molecule has 1 aliphatic heterocycles. The third-order valence-corrected chi connectivity index (χ3v) is 3.92. The van der Waals surface area contributed by atoms with Crippen LogP contribution < -0.4 is 0 Å². The van der Waals surface area contributed by atoms with Gasteiger partial charge in [-0.1, -0.05) is 19.8 Å². The summed E-state index contributed by atoms with van der Waals surface area (Å²) < 4.78 is 12.9. The summed E-state index contributed by atoms with van der Waals surface area (Å²) in [5.74, 6) is 0.503. The van der Waals surface area contributed by atoms with Crippen molar-refractivity contribution in [1.29, 1.82) is 0 Å². The third-order valence-electron chi connectivity index (χ3n) is 3.92. The maximum atomic E-state index is 12.9. The van der Waals surface area contributed by atoms with Crippen molar-refractivity contribution in [3.05, 3.63) is 35.6 Å². The third kappa shape index (κ3) is 3.79. The smallest absolute Gasteiger partial charge is 0.253 e. The van der Waals surface area contributed by atoms with E-state index >= 15 is 0 Å². The number of nitrogens with zero attached hydrogens (tertiary/aromatic N) is 1. The summed E-state index contributed by atoms with van der Waals surface area (Å²) in [6, 6.07) is 5.86. The van der Waals surface area contributed by atoms with E-state index < -0.39 is 0 Å². The van der Waals surface area contributed by atoms with Crippen LogP contribution in [-0.2, 0) is 0 Å². The lowest BCUT2D eigenvalue weighted by Crippen LogP contribution is -2.32. The number of likely N-dealkylation sites (tertiary alicyclic amines) is 1. The summed E-state index contributed by atoms with van der Waals surface area (Å²) in [5.41, 5.74) is 0.593. The molecule has 0 N–H and O–H groups in total. The molecular weight excluding hydrogens is 241 g/mol.